The molecule has 4 rings (SSSR count). The fourth-order valence-electron chi connectivity index (χ4n) is 3.12. The molecule has 2 heterocycles. The highest BCUT2D eigenvalue weighted by molar-refractivity contribution is 9.10. The number of thiazole rings is 1. The van der Waals surface area contributed by atoms with Gasteiger partial charge in [-0.1, -0.05) is 39.7 Å². The fourth-order valence-corrected chi connectivity index (χ4v) is 6.97. The van der Waals surface area contributed by atoms with E-state index in [0.29, 0.717) is 6.54 Å². The van der Waals surface area contributed by atoms with Crippen molar-refractivity contribution in [2.24, 2.45) is 0 Å². The molecule has 1 aliphatic rings. The Balaban J connectivity index is 1.75. The lowest BCUT2D eigenvalue weighted by Gasteiger charge is -2.23. The van der Waals surface area contributed by atoms with Crippen LogP contribution in [-0.4, -0.2) is 24.3 Å². The highest BCUT2D eigenvalue weighted by atomic mass is 79.9. The summed E-state index contributed by atoms with van der Waals surface area (Å²) < 4.78 is 29.7. The van der Waals surface area contributed by atoms with Crippen LogP contribution >= 0.6 is 38.9 Å². The fraction of sp³-hybridized carbons (Fsp3) is 0.235. The van der Waals surface area contributed by atoms with Crippen LogP contribution in [0.4, 0.5) is 0 Å². The van der Waals surface area contributed by atoms with Crippen LogP contribution in [0.3, 0.4) is 0 Å². The third kappa shape index (κ3) is 3.13. The molecule has 0 amide bonds. The first kappa shape index (κ1) is 17.4. The summed E-state index contributed by atoms with van der Waals surface area (Å²) in [5, 5.41) is 1.07. The number of aromatic nitrogens is 1. The van der Waals surface area contributed by atoms with Gasteiger partial charge in [-0.15, -0.1) is 11.3 Å². The zero-order valence-electron chi connectivity index (χ0n) is 13.0. The van der Waals surface area contributed by atoms with E-state index < -0.39 is 10.0 Å². The van der Waals surface area contributed by atoms with Crippen LogP contribution < -0.4 is 0 Å². The molecule has 0 radical (unpaired) electrons. The number of benzene rings is 2. The van der Waals surface area contributed by atoms with E-state index in [1.165, 1.54) is 0 Å². The number of fused-ring (bicyclic) bond motifs is 1. The number of hydrogen-bond acceptors (Lipinski definition) is 4. The van der Waals surface area contributed by atoms with Gasteiger partial charge in [0, 0.05) is 11.0 Å². The largest absolute Gasteiger partial charge is 0.245 e. The number of halogens is 2. The predicted molar refractivity (Wildman–Crippen MR) is 105 cm³/mol. The molecule has 0 N–H and O–H groups in total. The van der Waals surface area contributed by atoms with Gasteiger partial charge >= 0.3 is 0 Å². The molecule has 0 saturated carbocycles. The maximum atomic E-state index is 13.2. The van der Waals surface area contributed by atoms with Crippen molar-refractivity contribution in [3.8, 4) is 0 Å². The normalized spacial score (nSPS) is 18.9. The maximum Gasteiger partial charge on any atom is 0.245 e. The number of nitrogens with zero attached hydrogens (tertiary/aromatic N) is 2. The first-order valence-electron chi connectivity index (χ1n) is 7.79. The standard InChI is InChI=1S/C17H14BrClN2O2S2/c18-11-7-8-16(12(19)10-11)25(22,23)21-9-3-5-14(21)17-20-13-4-1-2-6-15(13)24-17/h1-2,4,6-8,10,14H,3,5,9H2/t14-/m0/s1. The lowest BCUT2D eigenvalue weighted by Crippen LogP contribution is -2.30. The van der Waals surface area contributed by atoms with Crippen molar-refractivity contribution in [3.63, 3.8) is 0 Å². The van der Waals surface area contributed by atoms with Crippen LogP contribution in [0.25, 0.3) is 10.2 Å². The molecular weight excluding hydrogens is 444 g/mol. The van der Waals surface area contributed by atoms with Crippen molar-refractivity contribution < 1.29 is 8.42 Å². The molecule has 2 aromatic carbocycles. The number of hydrogen-bond donors (Lipinski definition) is 0. The second-order valence-electron chi connectivity index (χ2n) is 5.87. The van der Waals surface area contributed by atoms with Crippen LogP contribution in [0.15, 0.2) is 51.8 Å². The topological polar surface area (TPSA) is 50.3 Å². The Morgan fingerprint density at radius 3 is 2.80 bits per heavy atom. The van der Waals surface area contributed by atoms with E-state index in [2.05, 4.69) is 20.9 Å². The summed E-state index contributed by atoms with van der Waals surface area (Å²) in [7, 11) is -3.67. The molecule has 25 heavy (non-hydrogen) atoms. The van der Waals surface area contributed by atoms with Crippen molar-refractivity contribution in [1.82, 2.24) is 9.29 Å². The Kier molecular flexibility index (Phi) is 4.62. The summed E-state index contributed by atoms with van der Waals surface area (Å²) in [6.07, 6.45) is 1.58. The zero-order valence-corrected chi connectivity index (χ0v) is 17.0. The molecular formula is C17H14BrClN2O2S2. The van der Waals surface area contributed by atoms with Crippen LogP contribution in [0.1, 0.15) is 23.9 Å². The lowest BCUT2D eigenvalue weighted by atomic mass is 10.2. The van der Waals surface area contributed by atoms with E-state index in [1.807, 2.05) is 24.3 Å². The van der Waals surface area contributed by atoms with Crippen molar-refractivity contribution >= 4 is 59.1 Å². The molecule has 3 aromatic rings. The van der Waals surface area contributed by atoms with Crippen LogP contribution in [0, 0.1) is 0 Å². The summed E-state index contributed by atoms with van der Waals surface area (Å²) in [6.45, 7) is 0.481. The van der Waals surface area contributed by atoms with E-state index in [0.717, 1.165) is 32.5 Å². The third-order valence-electron chi connectivity index (χ3n) is 4.28. The van der Waals surface area contributed by atoms with Gasteiger partial charge in [0.2, 0.25) is 10.0 Å². The Bertz CT molecular complexity index is 1020. The van der Waals surface area contributed by atoms with Gasteiger partial charge in [-0.05, 0) is 43.2 Å². The molecule has 1 aromatic heterocycles. The van der Waals surface area contributed by atoms with E-state index in [9.17, 15) is 8.42 Å². The molecule has 4 nitrogen and oxygen atoms in total. The summed E-state index contributed by atoms with van der Waals surface area (Å²) in [5.41, 5.74) is 0.911. The number of para-hydroxylation sites is 1. The van der Waals surface area contributed by atoms with Gasteiger partial charge in [0.15, 0.2) is 0 Å². The molecule has 1 fully saturated rings. The summed E-state index contributed by atoms with van der Waals surface area (Å²) in [5.74, 6) is 0. The Morgan fingerprint density at radius 1 is 1.24 bits per heavy atom. The zero-order chi connectivity index (χ0) is 17.6. The van der Waals surface area contributed by atoms with Crippen molar-refractivity contribution in [3.05, 3.63) is 57.0 Å². The van der Waals surface area contributed by atoms with Crippen LogP contribution in [0.2, 0.25) is 5.02 Å². The molecule has 0 bridgehead atoms. The van der Waals surface area contributed by atoms with Crippen LogP contribution in [0.5, 0.6) is 0 Å². The van der Waals surface area contributed by atoms with Gasteiger partial charge in [-0.3, -0.25) is 0 Å². The van der Waals surface area contributed by atoms with Gasteiger partial charge in [0.25, 0.3) is 0 Å². The monoisotopic (exact) mass is 456 g/mol. The molecule has 8 heteroatoms. The summed E-state index contributed by atoms with van der Waals surface area (Å²) >= 11 is 11.1. The van der Waals surface area contributed by atoms with Gasteiger partial charge in [-0.25, -0.2) is 13.4 Å². The molecule has 130 valence electrons. The second kappa shape index (κ2) is 6.63. The summed E-state index contributed by atoms with van der Waals surface area (Å²) in [6, 6.07) is 12.5. The Hall–Kier alpha value is -0.990. The minimum absolute atomic E-state index is 0.144. The van der Waals surface area contributed by atoms with E-state index in [4.69, 9.17) is 11.6 Å². The van der Waals surface area contributed by atoms with E-state index in [-0.39, 0.29) is 16.0 Å². The SMILES string of the molecule is O=S(=O)(c1ccc(Br)cc1Cl)N1CCC[C@H]1c1nc2ccccc2s1. The molecule has 1 atom stereocenters. The Labute approximate surface area is 163 Å². The molecule has 1 aliphatic heterocycles. The first-order chi connectivity index (χ1) is 12.0. The summed E-state index contributed by atoms with van der Waals surface area (Å²) in [4.78, 5) is 4.80. The van der Waals surface area contributed by atoms with Crippen molar-refractivity contribution in [1.29, 1.82) is 0 Å². The van der Waals surface area contributed by atoms with Crippen molar-refractivity contribution in [2.45, 2.75) is 23.8 Å². The molecule has 0 aliphatic carbocycles. The number of rotatable bonds is 3. The minimum Gasteiger partial charge on any atom is -0.239 e. The average molecular weight is 458 g/mol. The van der Waals surface area contributed by atoms with Crippen LogP contribution in [-0.2, 0) is 10.0 Å². The average Bonchev–Trinajstić information content (AvgIpc) is 3.21. The molecule has 0 spiro atoms. The van der Waals surface area contributed by atoms with Gasteiger partial charge in [0.05, 0.1) is 21.3 Å². The Morgan fingerprint density at radius 2 is 2.04 bits per heavy atom. The highest BCUT2D eigenvalue weighted by Gasteiger charge is 2.38. The van der Waals surface area contributed by atoms with Gasteiger partial charge in [-0.2, -0.15) is 4.31 Å². The smallest absolute Gasteiger partial charge is 0.239 e. The minimum atomic E-state index is -3.67. The molecule has 1 saturated heterocycles. The van der Waals surface area contributed by atoms with Gasteiger partial charge in [0.1, 0.15) is 9.90 Å². The van der Waals surface area contributed by atoms with Crippen molar-refractivity contribution in [2.75, 3.05) is 6.54 Å². The molecule has 0 unspecified atom stereocenters. The quantitative estimate of drug-likeness (QED) is 0.540. The lowest BCUT2D eigenvalue weighted by molar-refractivity contribution is 0.396. The van der Waals surface area contributed by atoms with Gasteiger partial charge < -0.3 is 0 Å². The van der Waals surface area contributed by atoms with E-state index >= 15 is 0 Å². The van der Waals surface area contributed by atoms with E-state index in [1.54, 1.807) is 33.8 Å². The highest BCUT2D eigenvalue weighted by Crippen LogP contribution is 2.40. The number of sulfonamides is 1. The second-order valence-corrected chi connectivity index (χ2v) is 10.1. The predicted octanol–water partition coefficient (Wildman–Crippen LogP) is 5.24. The first-order valence-corrected chi connectivity index (χ1v) is 11.2. The maximum absolute atomic E-state index is 13.2. The third-order valence-corrected chi connectivity index (χ3v) is 8.30.